The number of sulfone groups is 1. The highest BCUT2D eigenvalue weighted by Crippen LogP contribution is 2.27. The number of hydrogen-bond donors (Lipinski definition) is 2. The molecule has 1 atom stereocenters. The van der Waals surface area contributed by atoms with Crippen LogP contribution in [0.2, 0.25) is 0 Å². The van der Waals surface area contributed by atoms with Gasteiger partial charge in [0.25, 0.3) is 0 Å². The first kappa shape index (κ1) is 19.8. The fraction of sp³-hybridized carbons (Fsp3) is 0.316. The summed E-state index contributed by atoms with van der Waals surface area (Å²) in [5, 5.41) is 5.88. The minimum Gasteiger partial charge on any atom is -0.497 e. The normalized spacial score (nSPS) is 12.3. The molecule has 0 bridgehead atoms. The first-order valence-electron chi connectivity index (χ1n) is 8.15. The van der Waals surface area contributed by atoms with Gasteiger partial charge < -0.3 is 15.4 Å². The Labute approximate surface area is 154 Å². The molecule has 1 amide bonds. The van der Waals surface area contributed by atoms with E-state index in [9.17, 15) is 13.2 Å². The first-order valence-corrected chi connectivity index (χ1v) is 10.0. The molecule has 2 rings (SSSR count). The van der Waals surface area contributed by atoms with Gasteiger partial charge in [-0.25, -0.2) is 8.42 Å². The van der Waals surface area contributed by atoms with Crippen LogP contribution in [0.25, 0.3) is 0 Å². The van der Waals surface area contributed by atoms with Crippen molar-refractivity contribution in [2.24, 2.45) is 0 Å². The average Bonchev–Trinajstić information content (AvgIpc) is 2.57. The number of amides is 1. The zero-order valence-corrected chi connectivity index (χ0v) is 16.4. The van der Waals surface area contributed by atoms with Crippen molar-refractivity contribution in [2.45, 2.75) is 31.7 Å². The number of ether oxygens (including phenoxy) is 1. The third-order valence-corrected chi connectivity index (χ3v) is 5.22. The zero-order valence-electron chi connectivity index (χ0n) is 15.6. The summed E-state index contributed by atoms with van der Waals surface area (Å²) < 4.78 is 29.2. The molecule has 2 aromatic rings. The minimum atomic E-state index is -3.48. The molecule has 0 aliphatic carbocycles. The number of hydrogen-bond acceptors (Lipinski definition) is 5. The largest absolute Gasteiger partial charge is 0.497 e. The number of nitrogens with one attached hydrogen (secondary N) is 2. The predicted octanol–water partition coefficient (Wildman–Crippen LogP) is 3.15. The van der Waals surface area contributed by atoms with Crippen LogP contribution in [-0.2, 0) is 14.6 Å². The molecule has 26 heavy (non-hydrogen) atoms. The lowest BCUT2D eigenvalue weighted by Gasteiger charge is -2.19. The summed E-state index contributed by atoms with van der Waals surface area (Å²) in [6.07, 6.45) is 1.12. The highest BCUT2D eigenvalue weighted by Gasteiger charge is 2.20. The third-order valence-electron chi connectivity index (χ3n) is 4.08. The summed E-state index contributed by atoms with van der Waals surface area (Å²) >= 11 is 0. The van der Waals surface area contributed by atoms with E-state index in [-0.39, 0.29) is 10.8 Å². The molecule has 2 N–H and O–H groups in total. The van der Waals surface area contributed by atoms with Gasteiger partial charge in [0.1, 0.15) is 11.8 Å². The molecule has 140 valence electrons. The van der Waals surface area contributed by atoms with E-state index in [0.717, 1.165) is 23.1 Å². The Hall–Kier alpha value is -2.54. The Balaban J connectivity index is 2.24. The number of rotatable bonds is 6. The van der Waals surface area contributed by atoms with Crippen LogP contribution >= 0.6 is 0 Å². The van der Waals surface area contributed by atoms with Crippen molar-refractivity contribution in [3.05, 3.63) is 47.5 Å². The van der Waals surface area contributed by atoms with Gasteiger partial charge in [0.2, 0.25) is 5.91 Å². The summed E-state index contributed by atoms with van der Waals surface area (Å²) in [7, 11) is -2.02. The second-order valence-electron chi connectivity index (χ2n) is 6.26. The lowest BCUT2D eigenvalue weighted by Crippen LogP contribution is -2.32. The monoisotopic (exact) mass is 376 g/mol. The van der Waals surface area contributed by atoms with E-state index in [1.807, 2.05) is 32.0 Å². The van der Waals surface area contributed by atoms with Crippen molar-refractivity contribution in [1.82, 2.24) is 0 Å². The number of benzene rings is 2. The van der Waals surface area contributed by atoms with E-state index in [4.69, 9.17) is 4.74 Å². The Morgan fingerprint density at radius 3 is 2.27 bits per heavy atom. The maximum Gasteiger partial charge on any atom is 0.246 e. The molecule has 0 spiro atoms. The summed E-state index contributed by atoms with van der Waals surface area (Å²) in [5.74, 6) is 0.182. The Morgan fingerprint density at radius 2 is 1.73 bits per heavy atom. The number of aryl methyl sites for hydroxylation is 2. The molecular weight excluding hydrogens is 352 g/mol. The van der Waals surface area contributed by atoms with Gasteiger partial charge in [-0.3, -0.25) is 4.79 Å². The van der Waals surface area contributed by atoms with Gasteiger partial charge in [-0.15, -0.1) is 0 Å². The van der Waals surface area contributed by atoms with Crippen LogP contribution in [0.4, 0.5) is 11.4 Å². The fourth-order valence-corrected chi connectivity index (χ4v) is 3.45. The number of carbonyl (C=O) groups is 1. The van der Waals surface area contributed by atoms with Gasteiger partial charge >= 0.3 is 0 Å². The molecule has 0 fully saturated rings. The van der Waals surface area contributed by atoms with E-state index in [1.54, 1.807) is 19.1 Å². The Morgan fingerprint density at radius 1 is 1.12 bits per heavy atom. The van der Waals surface area contributed by atoms with E-state index in [2.05, 4.69) is 10.6 Å². The standard InChI is InChI=1S/C19H24N2O4S/c1-12-7-6-8-13(2)18(12)21-19(22)14(3)20-16-10-9-15(25-4)11-17(16)26(5,23)24/h6-11,14,20H,1-5H3,(H,21,22). The molecular formula is C19H24N2O4S. The van der Waals surface area contributed by atoms with Crippen LogP contribution in [0.1, 0.15) is 18.1 Å². The molecule has 0 heterocycles. The molecule has 0 aromatic heterocycles. The molecule has 0 saturated carbocycles. The molecule has 7 heteroatoms. The van der Waals surface area contributed by atoms with Crippen LogP contribution in [-0.4, -0.2) is 33.7 Å². The van der Waals surface area contributed by atoms with Gasteiger partial charge in [0.15, 0.2) is 9.84 Å². The van der Waals surface area contributed by atoms with Gasteiger partial charge in [-0.1, -0.05) is 18.2 Å². The molecule has 1 unspecified atom stereocenters. The van der Waals surface area contributed by atoms with Crippen molar-refractivity contribution in [2.75, 3.05) is 24.0 Å². The molecule has 6 nitrogen and oxygen atoms in total. The molecule has 0 aliphatic rings. The molecule has 0 aliphatic heterocycles. The zero-order chi connectivity index (χ0) is 19.5. The molecule has 0 saturated heterocycles. The smallest absolute Gasteiger partial charge is 0.246 e. The number of methoxy groups -OCH3 is 1. The van der Waals surface area contributed by atoms with E-state index in [1.165, 1.54) is 13.2 Å². The Kier molecular flexibility index (Phi) is 5.92. The van der Waals surface area contributed by atoms with Crippen molar-refractivity contribution in [1.29, 1.82) is 0 Å². The van der Waals surface area contributed by atoms with E-state index < -0.39 is 15.9 Å². The Bertz CT molecular complexity index is 903. The van der Waals surface area contributed by atoms with Crippen LogP contribution in [0.3, 0.4) is 0 Å². The summed E-state index contributed by atoms with van der Waals surface area (Å²) in [6, 6.07) is 9.82. The van der Waals surface area contributed by atoms with Crippen molar-refractivity contribution in [3.8, 4) is 5.75 Å². The topological polar surface area (TPSA) is 84.5 Å². The number of carbonyl (C=O) groups excluding carboxylic acids is 1. The summed E-state index contributed by atoms with van der Waals surface area (Å²) in [5.41, 5.74) is 3.06. The number of anilines is 2. The summed E-state index contributed by atoms with van der Waals surface area (Å²) in [6.45, 7) is 5.52. The van der Waals surface area contributed by atoms with Gasteiger partial charge in [0.05, 0.1) is 17.7 Å². The molecule has 2 aromatic carbocycles. The highest BCUT2D eigenvalue weighted by molar-refractivity contribution is 7.90. The highest BCUT2D eigenvalue weighted by atomic mass is 32.2. The number of para-hydroxylation sites is 1. The lowest BCUT2D eigenvalue weighted by molar-refractivity contribution is -0.116. The van der Waals surface area contributed by atoms with Crippen LogP contribution < -0.4 is 15.4 Å². The fourth-order valence-electron chi connectivity index (χ4n) is 2.60. The van der Waals surface area contributed by atoms with Gasteiger partial charge in [-0.2, -0.15) is 0 Å². The van der Waals surface area contributed by atoms with Crippen LogP contribution in [0.5, 0.6) is 5.75 Å². The van der Waals surface area contributed by atoms with Crippen molar-refractivity contribution >= 4 is 27.1 Å². The maximum atomic E-state index is 12.6. The first-order chi connectivity index (χ1) is 12.1. The maximum absolute atomic E-state index is 12.6. The second-order valence-corrected chi connectivity index (χ2v) is 8.24. The lowest BCUT2D eigenvalue weighted by atomic mass is 10.1. The van der Waals surface area contributed by atoms with Gasteiger partial charge in [0, 0.05) is 18.0 Å². The van der Waals surface area contributed by atoms with Crippen LogP contribution in [0, 0.1) is 13.8 Å². The van der Waals surface area contributed by atoms with E-state index in [0.29, 0.717) is 11.4 Å². The predicted molar refractivity (Wildman–Crippen MR) is 104 cm³/mol. The van der Waals surface area contributed by atoms with Crippen molar-refractivity contribution < 1.29 is 17.9 Å². The summed E-state index contributed by atoms with van der Waals surface area (Å²) in [4.78, 5) is 12.6. The van der Waals surface area contributed by atoms with Crippen LogP contribution in [0.15, 0.2) is 41.3 Å². The van der Waals surface area contributed by atoms with E-state index >= 15 is 0 Å². The third kappa shape index (κ3) is 4.54. The average molecular weight is 376 g/mol. The second kappa shape index (κ2) is 7.78. The quantitative estimate of drug-likeness (QED) is 0.809. The minimum absolute atomic E-state index is 0.0866. The van der Waals surface area contributed by atoms with Crippen molar-refractivity contribution in [3.63, 3.8) is 0 Å². The molecule has 0 radical (unpaired) electrons. The van der Waals surface area contributed by atoms with Gasteiger partial charge in [-0.05, 0) is 44.0 Å². The SMILES string of the molecule is COc1ccc(NC(C)C(=O)Nc2c(C)cccc2C)c(S(C)(=O)=O)c1.